The molecule has 2 rings (SSSR count). The van der Waals surface area contributed by atoms with Crippen molar-refractivity contribution in [3.8, 4) is 0 Å². The maximum atomic E-state index is 11.5. The molecular formula is C11H12ClNO2S. The van der Waals surface area contributed by atoms with Gasteiger partial charge in [0.05, 0.1) is 5.52 Å². The van der Waals surface area contributed by atoms with Crippen LogP contribution in [0, 0.1) is 20.8 Å². The van der Waals surface area contributed by atoms with Gasteiger partial charge in [-0.15, -0.1) is 0 Å². The number of nitrogens with one attached hydrogen (secondary N) is 1. The highest BCUT2D eigenvalue weighted by Gasteiger charge is 2.21. The maximum absolute atomic E-state index is 11.5. The first-order valence-corrected chi connectivity index (χ1v) is 7.16. The predicted molar refractivity (Wildman–Crippen MR) is 65.5 cm³/mol. The molecule has 2 aromatic rings. The molecule has 0 atom stereocenters. The molecule has 0 aliphatic rings. The first-order valence-electron chi connectivity index (χ1n) is 4.85. The van der Waals surface area contributed by atoms with Crippen LogP contribution in [0.1, 0.15) is 16.8 Å². The summed E-state index contributed by atoms with van der Waals surface area (Å²) in [6.07, 6.45) is 0. The van der Waals surface area contributed by atoms with Crippen molar-refractivity contribution in [2.45, 2.75) is 25.7 Å². The van der Waals surface area contributed by atoms with E-state index >= 15 is 0 Å². The lowest BCUT2D eigenvalue weighted by Crippen LogP contribution is -1.92. The van der Waals surface area contributed by atoms with Gasteiger partial charge in [-0.1, -0.05) is 12.1 Å². The summed E-state index contributed by atoms with van der Waals surface area (Å²) in [6.45, 7) is 5.52. The fourth-order valence-corrected chi connectivity index (χ4v) is 3.50. The second-order valence-electron chi connectivity index (χ2n) is 3.97. The van der Waals surface area contributed by atoms with Gasteiger partial charge in [0, 0.05) is 21.8 Å². The smallest absolute Gasteiger partial charge is 0.263 e. The van der Waals surface area contributed by atoms with Crippen LogP contribution < -0.4 is 0 Å². The summed E-state index contributed by atoms with van der Waals surface area (Å²) in [7, 11) is 1.75. The van der Waals surface area contributed by atoms with Crippen LogP contribution in [0.3, 0.4) is 0 Å². The fraction of sp³-hybridized carbons (Fsp3) is 0.273. The fourth-order valence-electron chi connectivity index (χ4n) is 2.00. The van der Waals surface area contributed by atoms with E-state index in [1.165, 1.54) is 0 Å². The van der Waals surface area contributed by atoms with Crippen molar-refractivity contribution in [2.75, 3.05) is 0 Å². The molecule has 16 heavy (non-hydrogen) atoms. The molecule has 0 amide bonds. The summed E-state index contributed by atoms with van der Waals surface area (Å²) in [5.41, 5.74) is 3.35. The molecule has 1 heterocycles. The minimum atomic E-state index is -3.72. The molecule has 1 aromatic carbocycles. The average molecular weight is 258 g/mol. The van der Waals surface area contributed by atoms with E-state index < -0.39 is 9.05 Å². The van der Waals surface area contributed by atoms with Crippen molar-refractivity contribution in [1.29, 1.82) is 0 Å². The Balaban J connectivity index is 3.06. The molecule has 0 bridgehead atoms. The van der Waals surface area contributed by atoms with Crippen LogP contribution in [0.15, 0.2) is 17.0 Å². The summed E-state index contributed by atoms with van der Waals surface area (Å²) in [5, 5.41) is 0.701. The van der Waals surface area contributed by atoms with Crippen LogP contribution in [-0.4, -0.2) is 13.4 Å². The Morgan fingerprint density at radius 1 is 1.12 bits per heavy atom. The summed E-state index contributed by atoms with van der Waals surface area (Å²) >= 11 is 0. The van der Waals surface area contributed by atoms with Gasteiger partial charge < -0.3 is 4.98 Å². The van der Waals surface area contributed by atoms with E-state index in [-0.39, 0.29) is 4.90 Å². The Hall–Kier alpha value is -1.00. The van der Waals surface area contributed by atoms with Crippen molar-refractivity contribution in [1.82, 2.24) is 4.98 Å². The Bertz CT molecular complexity index is 671. The second-order valence-corrected chi connectivity index (χ2v) is 6.47. The summed E-state index contributed by atoms with van der Waals surface area (Å²) in [5.74, 6) is 0. The van der Waals surface area contributed by atoms with E-state index in [9.17, 15) is 8.42 Å². The van der Waals surface area contributed by atoms with Gasteiger partial charge in [-0.25, -0.2) is 8.42 Å². The Labute approximate surface area is 98.8 Å². The predicted octanol–water partition coefficient (Wildman–Crippen LogP) is 3.02. The van der Waals surface area contributed by atoms with Crippen LogP contribution in [0.5, 0.6) is 0 Å². The third-order valence-electron chi connectivity index (χ3n) is 2.75. The largest absolute Gasteiger partial charge is 0.357 e. The zero-order valence-electron chi connectivity index (χ0n) is 9.26. The van der Waals surface area contributed by atoms with E-state index in [0.29, 0.717) is 11.1 Å². The third kappa shape index (κ3) is 1.62. The number of H-pyrrole nitrogens is 1. The molecule has 1 aromatic heterocycles. The minimum absolute atomic E-state index is 0.199. The van der Waals surface area contributed by atoms with Crippen molar-refractivity contribution in [3.05, 3.63) is 29.0 Å². The van der Waals surface area contributed by atoms with Crippen LogP contribution >= 0.6 is 10.7 Å². The van der Waals surface area contributed by atoms with E-state index in [1.54, 1.807) is 6.92 Å². The molecular weight excluding hydrogens is 246 g/mol. The number of fused-ring (bicyclic) bond motifs is 1. The summed E-state index contributed by atoms with van der Waals surface area (Å²) < 4.78 is 23.1. The SMILES string of the molecule is Cc1[nH]c2c(C)ccc(C)c2c1S(=O)(=O)Cl. The molecule has 0 aliphatic carbocycles. The van der Waals surface area contributed by atoms with Gasteiger partial charge in [-0.3, -0.25) is 0 Å². The molecule has 0 saturated carbocycles. The van der Waals surface area contributed by atoms with E-state index in [4.69, 9.17) is 10.7 Å². The molecule has 0 aliphatic heterocycles. The number of hydrogen-bond acceptors (Lipinski definition) is 2. The molecule has 0 radical (unpaired) electrons. The van der Waals surface area contributed by atoms with E-state index in [0.717, 1.165) is 16.6 Å². The van der Waals surface area contributed by atoms with Crippen LogP contribution in [0.4, 0.5) is 0 Å². The topological polar surface area (TPSA) is 49.9 Å². The number of hydrogen-bond donors (Lipinski definition) is 1. The molecule has 0 saturated heterocycles. The summed E-state index contributed by atoms with van der Waals surface area (Å²) in [6, 6.07) is 3.86. The highest BCUT2D eigenvalue weighted by molar-refractivity contribution is 8.14. The highest BCUT2D eigenvalue weighted by atomic mass is 35.7. The monoisotopic (exact) mass is 257 g/mol. The van der Waals surface area contributed by atoms with Crippen molar-refractivity contribution in [2.24, 2.45) is 0 Å². The number of halogens is 1. The molecule has 0 spiro atoms. The lowest BCUT2D eigenvalue weighted by Gasteiger charge is -2.01. The van der Waals surface area contributed by atoms with Crippen LogP contribution in [-0.2, 0) is 9.05 Å². The Morgan fingerprint density at radius 3 is 2.25 bits per heavy atom. The molecule has 1 N–H and O–H groups in total. The number of benzene rings is 1. The molecule has 3 nitrogen and oxygen atoms in total. The normalized spacial score (nSPS) is 12.2. The first-order chi connectivity index (χ1) is 7.32. The zero-order chi connectivity index (χ0) is 12.1. The molecule has 0 unspecified atom stereocenters. The Morgan fingerprint density at radius 2 is 1.69 bits per heavy atom. The standard InChI is InChI=1S/C11H12ClNO2S/c1-6-4-5-7(2)10-9(6)11(8(3)13-10)16(12,14)15/h4-5,13H,1-3H3. The number of aromatic nitrogens is 1. The first kappa shape index (κ1) is 11.5. The molecule has 86 valence electrons. The lowest BCUT2D eigenvalue weighted by molar-refractivity contribution is 0.610. The number of aromatic amines is 1. The van der Waals surface area contributed by atoms with Gasteiger partial charge >= 0.3 is 0 Å². The van der Waals surface area contributed by atoms with Gasteiger partial charge in [0.1, 0.15) is 4.90 Å². The van der Waals surface area contributed by atoms with Crippen LogP contribution in [0.25, 0.3) is 10.9 Å². The van der Waals surface area contributed by atoms with Crippen molar-refractivity contribution < 1.29 is 8.42 Å². The van der Waals surface area contributed by atoms with Gasteiger partial charge in [0.2, 0.25) is 0 Å². The maximum Gasteiger partial charge on any atom is 0.263 e. The van der Waals surface area contributed by atoms with E-state index in [1.807, 2.05) is 26.0 Å². The zero-order valence-corrected chi connectivity index (χ0v) is 10.8. The van der Waals surface area contributed by atoms with Crippen molar-refractivity contribution >= 4 is 30.6 Å². The molecule has 5 heteroatoms. The molecule has 0 fully saturated rings. The number of aryl methyl sites for hydroxylation is 3. The van der Waals surface area contributed by atoms with Gasteiger partial charge in [0.15, 0.2) is 0 Å². The average Bonchev–Trinajstić information content (AvgIpc) is 2.49. The minimum Gasteiger partial charge on any atom is -0.357 e. The van der Waals surface area contributed by atoms with Gasteiger partial charge in [-0.05, 0) is 31.9 Å². The Kier molecular flexibility index (Phi) is 2.51. The van der Waals surface area contributed by atoms with Gasteiger partial charge in [-0.2, -0.15) is 0 Å². The summed E-state index contributed by atoms with van der Waals surface area (Å²) in [4.78, 5) is 3.28. The lowest BCUT2D eigenvalue weighted by atomic mass is 10.1. The third-order valence-corrected chi connectivity index (χ3v) is 4.21. The second kappa shape index (κ2) is 3.50. The quantitative estimate of drug-likeness (QED) is 0.799. The van der Waals surface area contributed by atoms with E-state index in [2.05, 4.69) is 4.98 Å². The van der Waals surface area contributed by atoms with Gasteiger partial charge in [0.25, 0.3) is 9.05 Å². The number of rotatable bonds is 1. The van der Waals surface area contributed by atoms with Crippen molar-refractivity contribution in [3.63, 3.8) is 0 Å². The van der Waals surface area contributed by atoms with Crippen LogP contribution in [0.2, 0.25) is 0 Å². The highest BCUT2D eigenvalue weighted by Crippen LogP contribution is 2.33.